The molecular formula is C7H12BrNO3. The van der Waals surface area contributed by atoms with E-state index in [-0.39, 0.29) is 10.9 Å². The molecule has 0 saturated carbocycles. The molecule has 1 fully saturated rings. The van der Waals surface area contributed by atoms with E-state index < -0.39 is 6.09 Å². The molecule has 5 heteroatoms. The molecule has 0 aromatic rings. The molecule has 4 nitrogen and oxygen atoms in total. The van der Waals surface area contributed by atoms with E-state index in [1.165, 1.54) is 4.90 Å². The SMILES string of the molecule is COC[C@H]1C[C@H](Br)CN1C(=O)O. The summed E-state index contributed by atoms with van der Waals surface area (Å²) in [6.07, 6.45) is -0.0286. The molecule has 1 aliphatic heterocycles. The molecule has 1 aliphatic rings. The van der Waals surface area contributed by atoms with Gasteiger partial charge < -0.3 is 14.7 Å². The Morgan fingerprint density at radius 2 is 2.50 bits per heavy atom. The summed E-state index contributed by atoms with van der Waals surface area (Å²) in [5, 5.41) is 8.78. The molecule has 12 heavy (non-hydrogen) atoms. The fraction of sp³-hybridized carbons (Fsp3) is 0.857. The largest absolute Gasteiger partial charge is 0.465 e. The van der Waals surface area contributed by atoms with E-state index >= 15 is 0 Å². The minimum Gasteiger partial charge on any atom is -0.465 e. The highest BCUT2D eigenvalue weighted by Gasteiger charge is 2.33. The van der Waals surface area contributed by atoms with Crippen molar-refractivity contribution in [3.63, 3.8) is 0 Å². The highest BCUT2D eigenvalue weighted by Crippen LogP contribution is 2.23. The first-order valence-corrected chi connectivity index (χ1v) is 4.69. The minimum atomic E-state index is -0.862. The number of halogens is 1. The Hall–Kier alpha value is -0.290. The second kappa shape index (κ2) is 4.09. The van der Waals surface area contributed by atoms with Gasteiger partial charge in [-0.1, -0.05) is 15.9 Å². The van der Waals surface area contributed by atoms with Gasteiger partial charge in [0.2, 0.25) is 0 Å². The van der Waals surface area contributed by atoms with E-state index in [9.17, 15) is 4.79 Å². The van der Waals surface area contributed by atoms with Crippen LogP contribution in [0.1, 0.15) is 6.42 Å². The van der Waals surface area contributed by atoms with Crippen molar-refractivity contribution in [2.75, 3.05) is 20.3 Å². The second-order valence-electron chi connectivity index (χ2n) is 2.88. The summed E-state index contributed by atoms with van der Waals surface area (Å²) in [5.74, 6) is 0. The number of hydrogen-bond acceptors (Lipinski definition) is 2. The molecule has 1 amide bonds. The second-order valence-corrected chi connectivity index (χ2v) is 4.17. The fourth-order valence-electron chi connectivity index (χ4n) is 1.44. The summed E-state index contributed by atoms with van der Waals surface area (Å²) in [6, 6.07) is 0.0110. The van der Waals surface area contributed by atoms with Gasteiger partial charge in [0, 0.05) is 18.5 Å². The van der Waals surface area contributed by atoms with Crippen LogP contribution in [0.15, 0.2) is 0 Å². The van der Waals surface area contributed by atoms with E-state index in [0.717, 1.165) is 6.42 Å². The normalized spacial score (nSPS) is 29.3. The Kier molecular flexibility index (Phi) is 3.34. The fourth-order valence-corrected chi connectivity index (χ4v) is 2.19. The lowest BCUT2D eigenvalue weighted by Gasteiger charge is -2.19. The Balaban J connectivity index is 2.53. The Labute approximate surface area is 79.6 Å². The highest BCUT2D eigenvalue weighted by molar-refractivity contribution is 9.09. The number of hydrogen-bond donors (Lipinski definition) is 1. The molecule has 0 radical (unpaired) electrons. The van der Waals surface area contributed by atoms with Crippen LogP contribution < -0.4 is 0 Å². The van der Waals surface area contributed by atoms with E-state index in [4.69, 9.17) is 9.84 Å². The first-order chi connectivity index (χ1) is 5.65. The minimum absolute atomic E-state index is 0.0110. The maximum absolute atomic E-state index is 10.7. The topological polar surface area (TPSA) is 49.8 Å². The summed E-state index contributed by atoms with van der Waals surface area (Å²) < 4.78 is 4.93. The van der Waals surface area contributed by atoms with Gasteiger partial charge in [0.25, 0.3) is 0 Å². The maximum Gasteiger partial charge on any atom is 0.407 e. The summed E-state index contributed by atoms with van der Waals surface area (Å²) in [5.41, 5.74) is 0. The van der Waals surface area contributed by atoms with E-state index in [1.807, 2.05) is 0 Å². The van der Waals surface area contributed by atoms with Crippen molar-refractivity contribution in [1.29, 1.82) is 0 Å². The van der Waals surface area contributed by atoms with Crippen LogP contribution in [0.5, 0.6) is 0 Å². The standard InChI is InChI=1S/C7H12BrNO3/c1-12-4-6-2-5(8)3-9(6)7(10)11/h5-6H,2-4H2,1H3,(H,10,11)/t5-,6+/m0/s1. The van der Waals surface area contributed by atoms with E-state index in [2.05, 4.69) is 15.9 Å². The lowest BCUT2D eigenvalue weighted by molar-refractivity contribution is 0.0991. The molecule has 2 atom stereocenters. The highest BCUT2D eigenvalue weighted by atomic mass is 79.9. The summed E-state index contributed by atoms with van der Waals surface area (Å²) in [7, 11) is 1.58. The van der Waals surface area contributed by atoms with Gasteiger partial charge in [-0.15, -0.1) is 0 Å². The van der Waals surface area contributed by atoms with E-state index in [1.54, 1.807) is 7.11 Å². The molecule has 0 aliphatic carbocycles. The number of ether oxygens (including phenoxy) is 1. The zero-order valence-electron chi connectivity index (χ0n) is 6.86. The van der Waals surface area contributed by atoms with Crippen molar-refractivity contribution in [1.82, 2.24) is 4.90 Å². The molecular weight excluding hydrogens is 226 g/mol. The monoisotopic (exact) mass is 237 g/mol. The number of alkyl halides is 1. The van der Waals surface area contributed by atoms with Crippen molar-refractivity contribution in [3.05, 3.63) is 0 Å². The van der Waals surface area contributed by atoms with Crippen LogP contribution in [0.4, 0.5) is 4.79 Å². The van der Waals surface area contributed by atoms with Crippen LogP contribution in [0, 0.1) is 0 Å². The molecule has 1 saturated heterocycles. The number of likely N-dealkylation sites (tertiary alicyclic amines) is 1. The van der Waals surface area contributed by atoms with Crippen molar-refractivity contribution in [3.8, 4) is 0 Å². The summed E-state index contributed by atoms with van der Waals surface area (Å²) in [4.78, 5) is 12.4. The summed E-state index contributed by atoms with van der Waals surface area (Å²) >= 11 is 3.40. The van der Waals surface area contributed by atoms with Crippen LogP contribution in [0.3, 0.4) is 0 Å². The van der Waals surface area contributed by atoms with Gasteiger partial charge in [-0.05, 0) is 6.42 Å². The van der Waals surface area contributed by atoms with Crippen molar-refractivity contribution in [2.24, 2.45) is 0 Å². The number of amides is 1. The molecule has 70 valence electrons. The zero-order valence-corrected chi connectivity index (χ0v) is 8.45. The van der Waals surface area contributed by atoms with Crippen molar-refractivity contribution >= 4 is 22.0 Å². The lowest BCUT2D eigenvalue weighted by Crippen LogP contribution is -2.37. The van der Waals surface area contributed by atoms with Crippen LogP contribution in [0.2, 0.25) is 0 Å². The van der Waals surface area contributed by atoms with Gasteiger partial charge in [-0.25, -0.2) is 4.79 Å². The van der Waals surface area contributed by atoms with Crippen molar-refractivity contribution in [2.45, 2.75) is 17.3 Å². The van der Waals surface area contributed by atoms with Gasteiger partial charge in [0.05, 0.1) is 12.6 Å². The van der Waals surface area contributed by atoms with Crippen LogP contribution in [0.25, 0.3) is 0 Å². The van der Waals surface area contributed by atoms with Crippen LogP contribution >= 0.6 is 15.9 Å². The molecule has 1 rings (SSSR count). The molecule has 1 heterocycles. The van der Waals surface area contributed by atoms with Crippen LogP contribution in [-0.4, -0.2) is 47.2 Å². The predicted octanol–water partition coefficient (Wildman–Crippen LogP) is 1.15. The quantitative estimate of drug-likeness (QED) is 0.734. The average molecular weight is 238 g/mol. The van der Waals surface area contributed by atoms with Gasteiger partial charge >= 0.3 is 6.09 Å². The number of nitrogens with zero attached hydrogens (tertiary/aromatic N) is 1. The third kappa shape index (κ3) is 2.10. The number of methoxy groups -OCH3 is 1. The van der Waals surface area contributed by atoms with E-state index in [0.29, 0.717) is 13.2 Å². The lowest BCUT2D eigenvalue weighted by atomic mass is 10.2. The average Bonchev–Trinajstić information content (AvgIpc) is 2.32. The third-order valence-corrected chi connectivity index (χ3v) is 2.63. The Bertz CT molecular complexity index is 176. The molecule has 0 unspecified atom stereocenters. The first kappa shape index (κ1) is 9.80. The van der Waals surface area contributed by atoms with Crippen LogP contribution in [-0.2, 0) is 4.74 Å². The smallest absolute Gasteiger partial charge is 0.407 e. The predicted molar refractivity (Wildman–Crippen MR) is 47.7 cm³/mol. The maximum atomic E-state index is 10.7. The number of rotatable bonds is 2. The first-order valence-electron chi connectivity index (χ1n) is 3.77. The van der Waals surface area contributed by atoms with Gasteiger partial charge in [0.15, 0.2) is 0 Å². The molecule has 0 bridgehead atoms. The zero-order chi connectivity index (χ0) is 9.14. The van der Waals surface area contributed by atoms with Gasteiger partial charge in [0.1, 0.15) is 0 Å². The molecule has 1 N–H and O–H groups in total. The Morgan fingerprint density at radius 3 is 3.00 bits per heavy atom. The summed E-state index contributed by atoms with van der Waals surface area (Å²) in [6.45, 7) is 1.04. The van der Waals surface area contributed by atoms with Gasteiger partial charge in [-0.3, -0.25) is 0 Å². The van der Waals surface area contributed by atoms with Gasteiger partial charge in [-0.2, -0.15) is 0 Å². The number of carboxylic acid groups (broad SMARTS) is 1. The molecule has 0 aromatic carbocycles. The Morgan fingerprint density at radius 1 is 1.83 bits per heavy atom. The molecule has 0 spiro atoms. The number of carbonyl (C=O) groups is 1. The third-order valence-electron chi connectivity index (χ3n) is 1.97. The molecule has 0 aromatic heterocycles. The van der Waals surface area contributed by atoms with Crippen molar-refractivity contribution < 1.29 is 14.6 Å².